The van der Waals surface area contributed by atoms with Crippen LogP contribution in [-0.2, 0) is 9.59 Å². The van der Waals surface area contributed by atoms with Gasteiger partial charge in [-0.3, -0.25) is 14.9 Å². The van der Waals surface area contributed by atoms with Crippen LogP contribution in [0.3, 0.4) is 0 Å². The third-order valence-electron chi connectivity index (χ3n) is 8.05. The lowest BCUT2D eigenvalue weighted by Crippen LogP contribution is -2.57. The van der Waals surface area contributed by atoms with Crippen molar-refractivity contribution in [3.05, 3.63) is 29.8 Å². The molecule has 186 valence electrons. The van der Waals surface area contributed by atoms with E-state index in [1.165, 1.54) is 36.9 Å². The van der Waals surface area contributed by atoms with Crippen molar-refractivity contribution in [3.63, 3.8) is 0 Å². The van der Waals surface area contributed by atoms with E-state index < -0.39 is 18.0 Å². The molecular formula is C27H40N4O3. The van der Waals surface area contributed by atoms with Gasteiger partial charge in [-0.05, 0) is 92.7 Å². The Labute approximate surface area is 203 Å². The number of hydrogen-bond donors (Lipinski definition) is 4. The first-order valence-electron chi connectivity index (χ1n) is 13.0. The lowest BCUT2D eigenvalue weighted by Gasteiger charge is -2.34. The number of anilines is 1. The van der Waals surface area contributed by atoms with Gasteiger partial charge in [-0.2, -0.15) is 0 Å². The van der Waals surface area contributed by atoms with E-state index in [-0.39, 0.29) is 12.3 Å². The fourth-order valence-electron chi connectivity index (χ4n) is 5.70. The second kappa shape index (κ2) is 10.8. The minimum atomic E-state index is -0.766. The fourth-order valence-corrected chi connectivity index (χ4v) is 5.70. The van der Waals surface area contributed by atoms with Crippen molar-refractivity contribution in [3.8, 4) is 0 Å². The second-order valence-corrected chi connectivity index (χ2v) is 11.3. The highest BCUT2D eigenvalue weighted by Gasteiger charge is 2.30. The molecule has 2 aliphatic carbocycles. The summed E-state index contributed by atoms with van der Waals surface area (Å²) in [7, 11) is 0. The minimum Gasteiger partial charge on any atom is -0.382 e. The summed E-state index contributed by atoms with van der Waals surface area (Å²) in [5, 5.41) is 11.2. The van der Waals surface area contributed by atoms with Gasteiger partial charge in [0.25, 0.3) is 0 Å². The fraction of sp³-hybridized carbons (Fsp3) is 0.667. The Morgan fingerprint density at radius 3 is 2.32 bits per heavy atom. The van der Waals surface area contributed by atoms with Crippen molar-refractivity contribution in [2.75, 3.05) is 11.9 Å². The Morgan fingerprint density at radius 1 is 1.00 bits per heavy atom. The summed E-state index contributed by atoms with van der Waals surface area (Å²) in [5.41, 5.74) is 3.21. The summed E-state index contributed by atoms with van der Waals surface area (Å²) >= 11 is 0. The van der Waals surface area contributed by atoms with Gasteiger partial charge in [-0.25, -0.2) is 4.79 Å². The molecule has 1 aromatic rings. The summed E-state index contributed by atoms with van der Waals surface area (Å²) in [4.78, 5) is 35.0. The van der Waals surface area contributed by atoms with Crippen LogP contribution in [0, 0.1) is 11.3 Å². The number of amides is 4. The number of carbonyl (C=O) groups is 3. The molecular weight excluding hydrogens is 428 g/mol. The molecule has 1 saturated heterocycles. The minimum absolute atomic E-state index is 0.00579. The van der Waals surface area contributed by atoms with Crippen LogP contribution in [-0.4, -0.2) is 36.5 Å². The van der Waals surface area contributed by atoms with Crippen LogP contribution >= 0.6 is 0 Å². The summed E-state index contributed by atoms with van der Waals surface area (Å²) in [5.74, 6) is 0.617. The molecule has 0 aromatic heterocycles. The van der Waals surface area contributed by atoms with E-state index >= 15 is 0 Å². The van der Waals surface area contributed by atoms with Gasteiger partial charge in [0, 0.05) is 18.3 Å². The van der Waals surface area contributed by atoms with E-state index in [1.807, 2.05) is 0 Å². The average molecular weight is 469 g/mol. The molecule has 1 unspecified atom stereocenters. The maximum absolute atomic E-state index is 12.2. The maximum atomic E-state index is 12.2. The number of urea groups is 1. The van der Waals surface area contributed by atoms with Crippen LogP contribution in [0.2, 0.25) is 0 Å². The molecule has 4 amide bonds. The molecule has 2 saturated carbocycles. The molecule has 3 fully saturated rings. The number of benzene rings is 1. The highest BCUT2D eigenvalue weighted by molar-refractivity contribution is 6.02. The SMILES string of the molecule is CC1(C)CCC(c2ccc(NC3CCC(CCNC(=O)C4CC(=O)NC(=O)N4)CC3)cc2)CC1. The van der Waals surface area contributed by atoms with Crippen LogP contribution in [0.1, 0.15) is 89.5 Å². The number of carbonyl (C=O) groups excluding carboxylic acids is 3. The van der Waals surface area contributed by atoms with Gasteiger partial charge < -0.3 is 16.0 Å². The maximum Gasteiger partial charge on any atom is 0.322 e. The van der Waals surface area contributed by atoms with Crippen molar-refractivity contribution >= 4 is 23.5 Å². The zero-order valence-electron chi connectivity index (χ0n) is 20.6. The average Bonchev–Trinajstić information content (AvgIpc) is 2.80. The predicted octanol–water partition coefficient (Wildman–Crippen LogP) is 4.45. The first-order valence-corrected chi connectivity index (χ1v) is 13.0. The lowest BCUT2D eigenvalue weighted by atomic mass is 9.71. The number of nitrogens with one attached hydrogen (secondary N) is 4. The van der Waals surface area contributed by atoms with Gasteiger partial charge in [-0.1, -0.05) is 26.0 Å². The largest absolute Gasteiger partial charge is 0.382 e. The van der Waals surface area contributed by atoms with E-state index in [4.69, 9.17) is 0 Å². The third-order valence-corrected chi connectivity index (χ3v) is 8.05. The molecule has 4 rings (SSSR count). The van der Waals surface area contributed by atoms with Gasteiger partial charge in [0.05, 0.1) is 6.42 Å². The molecule has 0 spiro atoms. The zero-order valence-corrected chi connectivity index (χ0v) is 20.6. The number of imide groups is 1. The topological polar surface area (TPSA) is 99.3 Å². The van der Waals surface area contributed by atoms with Crippen LogP contribution in [0.25, 0.3) is 0 Å². The second-order valence-electron chi connectivity index (χ2n) is 11.3. The molecule has 0 radical (unpaired) electrons. The van der Waals surface area contributed by atoms with E-state index in [1.54, 1.807) is 0 Å². The van der Waals surface area contributed by atoms with E-state index in [0.717, 1.165) is 32.1 Å². The standard InChI is InChI=1S/C27H40N4O3/c1-27(2)14-11-20(12-15-27)19-5-9-22(10-6-19)29-21-7-3-18(4-8-21)13-16-28-25(33)23-17-24(32)31-26(34)30-23/h5-6,9-10,18,20-21,23,29H,3-4,7-8,11-17H2,1-2H3,(H,28,33)(H2,30,31,32,34). The molecule has 3 aliphatic rings. The molecule has 4 N–H and O–H groups in total. The Hall–Kier alpha value is -2.57. The smallest absolute Gasteiger partial charge is 0.322 e. The summed E-state index contributed by atoms with van der Waals surface area (Å²) in [6, 6.07) is 8.27. The monoisotopic (exact) mass is 468 g/mol. The van der Waals surface area contributed by atoms with Crippen LogP contribution in [0.15, 0.2) is 24.3 Å². The Morgan fingerprint density at radius 2 is 1.68 bits per heavy atom. The highest BCUT2D eigenvalue weighted by atomic mass is 16.2. The van der Waals surface area contributed by atoms with Crippen LogP contribution in [0.5, 0.6) is 0 Å². The summed E-state index contributed by atoms with van der Waals surface area (Å²) < 4.78 is 0. The Kier molecular flexibility index (Phi) is 7.79. The molecule has 34 heavy (non-hydrogen) atoms. The van der Waals surface area contributed by atoms with Crippen molar-refractivity contribution < 1.29 is 14.4 Å². The van der Waals surface area contributed by atoms with Crippen molar-refractivity contribution in [1.29, 1.82) is 0 Å². The molecule has 1 aliphatic heterocycles. The first kappa shape index (κ1) is 24.6. The van der Waals surface area contributed by atoms with E-state index in [0.29, 0.717) is 29.8 Å². The molecule has 7 heteroatoms. The molecule has 0 bridgehead atoms. The summed E-state index contributed by atoms with van der Waals surface area (Å²) in [6.07, 6.45) is 10.7. The van der Waals surface area contributed by atoms with Crippen LogP contribution < -0.4 is 21.3 Å². The predicted molar refractivity (Wildman–Crippen MR) is 134 cm³/mol. The quantitative estimate of drug-likeness (QED) is 0.475. The molecule has 1 atom stereocenters. The number of hydrogen-bond acceptors (Lipinski definition) is 4. The molecule has 7 nitrogen and oxygen atoms in total. The Bertz CT molecular complexity index is 848. The lowest BCUT2D eigenvalue weighted by molar-refractivity contribution is -0.128. The first-order chi connectivity index (χ1) is 16.3. The van der Waals surface area contributed by atoms with Crippen LogP contribution in [0.4, 0.5) is 10.5 Å². The number of rotatable bonds is 7. The van der Waals surface area contributed by atoms with Crippen molar-refractivity contribution in [2.45, 2.75) is 96.1 Å². The molecule has 1 heterocycles. The highest BCUT2D eigenvalue weighted by Crippen LogP contribution is 2.42. The van der Waals surface area contributed by atoms with Gasteiger partial charge in [0.2, 0.25) is 11.8 Å². The van der Waals surface area contributed by atoms with Gasteiger partial charge in [0.15, 0.2) is 0 Å². The molecule has 1 aromatic carbocycles. The third kappa shape index (κ3) is 6.73. The van der Waals surface area contributed by atoms with Gasteiger partial charge in [-0.15, -0.1) is 0 Å². The van der Waals surface area contributed by atoms with Crippen molar-refractivity contribution in [1.82, 2.24) is 16.0 Å². The van der Waals surface area contributed by atoms with Gasteiger partial charge in [0.1, 0.15) is 6.04 Å². The van der Waals surface area contributed by atoms with Crippen molar-refractivity contribution in [2.24, 2.45) is 11.3 Å². The normalized spacial score (nSPS) is 27.4. The summed E-state index contributed by atoms with van der Waals surface area (Å²) in [6.45, 7) is 5.36. The zero-order chi connectivity index (χ0) is 24.1. The van der Waals surface area contributed by atoms with E-state index in [9.17, 15) is 14.4 Å². The Balaban J connectivity index is 1.14. The van der Waals surface area contributed by atoms with E-state index in [2.05, 4.69) is 59.4 Å². The van der Waals surface area contributed by atoms with Gasteiger partial charge >= 0.3 is 6.03 Å².